The summed E-state index contributed by atoms with van der Waals surface area (Å²) in [7, 11) is 0. The maximum atomic E-state index is 12.9. The average Bonchev–Trinajstić information content (AvgIpc) is 3.38. The van der Waals surface area contributed by atoms with E-state index in [1.165, 1.54) is 18.6 Å². The maximum Gasteiger partial charge on any atom is 0.416 e. The van der Waals surface area contributed by atoms with Gasteiger partial charge in [0.2, 0.25) is 17.6 Å². The highest BCUT2D eigenvalue weighted by Gasteiger charge is 2.32. The Kier molecular flexibility index (Phi) is 5.58. The molecule has 2 aliphatic rings. The molecule has 0 aliphatic carbocycles. The summed E-state index contributed by atoms with van der Waals surface area (Å²) >= 11 is 0. The first-order chi connectivity index (χ1) is 13.9. The molecule has 3 heterocycles. The summed E-state index contributed by atoms with van der Waals surface area (Å²) < 4.78 is 44.1. The molecule has 0 unspecified atom stereocenters. The smallest absolute Gasteiger partial charge is 0.342 e. The fourth-order valence-electron chi connectivity index (χ4n) is 3.97. The van der Waals surface area contributed by atoms with Crippen molar-refractivity contribution in [2.24, 2.45) is 0 Å². The van der Waals surface area contributed by atoms with E-state index in [9.17, 15) is 18.0 Å². The zero-order valence-corrected chi connectivity index (χ0v) is 16.0. The summed E-state index contributed by atoms with van der Waals surface area (Å²) in [5, 5.41) is 3.87. The third-order valence-corrected chi connectivity index (χ3v) is 5.58. The van der Waals surface area contributed by atoms with Gasteiger partial charge < -0.3 is 9.42 Å². The number of hydrogen-bond donors (Lipinski definition) is 0. The van der Waals surface area contributed by atoms with Crippen LogP contribution in [0.25, 0.3) is 11.4 Å². The lowest BCUT2D eigenvalue weighted by Gasteiger charge is -2.28. The number of amides is 1. The summed E-state index contributed by atoms with van der Waals surface area (Å²) in [4.78, 5) is 20.8. The van der Waals surface area contributed by atoms with Gasteiger partial charge in [-0.25, -0.2) is 0 Å². The van der Waals surface area contributed by atoms with Gasteiger partial charge in [-0.05, 0) is 44.4 Å². The molecule has 2 aliphatic heterocycles. The summed E-state index contributed by atoms with van der Waals surface area (Å²) in [6.45, 7) is 3.43. The highest BCUT2D eigenvalue weighted by Crippen LogP contribution is 2.32. The van der Waals surface area contributed by atoms with Crippen LogP contribution in [0.15, 0.2) is 28.8 Å². The second-order valence-electron chi connectivity index (χ2n) is 7.70. The van der Waals surface area contributed by atoms with E-state index in [-0.39, 0.29) is 23.2 Å². The van der Waals surface area contributed by atoms with Crippen molar-refractivity contribution in [3.63, 3.8) is 0 Å². The lowest BCUT2D eigenvalue weighted by atomic mass is 10.1. The van der Waals surface area contributed by atoms with Crippen LogP contribution in [0.2, 0.25) is 0 Å². The molecule has 0 radical (unpaired) electrons. The summed E-state index contributed by atoms with van der Waals surface area (Å²) in [6, 6.07) is 4.89. The minimum atomic E-state index is -4.42. The number of carbonyl (C=O) groups is 1. The van der Waals surface area contributed by atoms with Gasteiger partial charge in [0.05, 0.1) is 18.0 Å². The number of nitrogens with zero attached hydrogens (tertiary/aromatic N) is 4. The Bertz CT molecular complexity index is 861. The van der Waals surface area contributed by atoms with E-state index in [4.69, 9.17) is 4.52 Å². The number of likely N-dealkylation sites (tertiary alicyclic amines) is 2. The largest absolute Gasteiger partial charge is 0.416 e. The Labute approximate surface area is 166 Å². The van der Waals surface area contributed by atoms with Crippen LogP contribution < -0.4 is 0 Å². The Morgan fingerprint density at radius 1 is 1.17 bits per heavy atom. The van der Waals surface area contributed by atoms with Crippen molar-refractivity contribution >= 4 is 5.91 Å². The summed E-state index contributed by atoms with van der Waals surface area (Å²) in [5.41, 5.74) is -0.477. The maximum absolute atomic E-state index is 12.9. The monoisotopic (exact) mass is 408 g/mol. The van der Waals surface area contributed by atoms with Crippen LogP contribution in [-0.2, 0) is 11.0 Å². The lowest BCUT2D eigenvalue weighted by molar-refractivity contribution is -0.137. The minimum absolute atomic E-state index is 0.0174. The third kappa shape index (κ3) is 4.60. The zero-order valence-electron chi connectivity index (χ0n) is 16.0. The Hall–Kier alpha value is -2.42. The Morgan fingerprint density at radius 2 is 1.97 bits per heavy atom. The van der Waals surface area contributed by atoms with Crippen molar-refractivity contribution < 1.29 is 22.5 Å². The van der Waals surface area contributed by atoms with Crippen molar-refractivity contribution in [3.05, 3.63) is 35.7 Å². The van der Waals surface area contributed by atoms with Crippen LogP contribution in [0, 0.1) is 0 Å². The fraction of sp³-hybridized carbons (Fsp3) is 0.550. The van der Waals surface area contributed by atoms with Gasteiger partial charge >= 0.3 is 6.18 Å². The molecule has 156 valence electrons. The van der Waals surface area contributed by atoms with Crippen molar-refractivity contribution in [3.8, 4) is 11.4 Å². The van der Waals surface area contributed by atoms with E-state index in [2.05, 4.69) is 15.0 Å². The highest BCUT2D eigenvalue weighted by molar-refractivity contribution is 5.78. The molecule has 6 nitrogen and oxygen atoms in total. The minimum Gasteiger partial charge on any atom is -0.342 e. The number of rotatable bonds is 4. The van der Waals surface area contributed by atoms with Crippen molar-refractivity contribution in [2.75, 3.05) is 32.7 Å². The van der Waals surface area contributed by atoms with Crippen LogP contribution in [0.5, 0.6) is 0 Å². The first-order valence-corrected chi connectivity index (χ1v) is 9.91. The average molecular weight is 408 g/mol. The number of halogens is 3. The van der Waals surface area contributed by atoms with Gasteiger partial charge in [0.15, 0.2) is 0 Å². The van der Waals surface area contributed by atoms with E-state index in [1.54, 1.807) is 0 Å². The molecule has 1 amide bonds. The van der Waals surface area contributed by atoms with Crippen LogP contribution in [0.3, 0.4) is 0 Å². The van der Waals surface area contributed by atoms with Crippen LogP contribution in [-0.4, -0.2) is 58.6 Å². The van der Waals surface area contributed by atoms with Gasteiger partial charge in [0.25, 0.3) is 0 Å². The van der Waals surface area contributed by atoms with E-state index in [1.807, 2.05) is 4.90 Å². The molecular formula is C20H23F3N4O2. The SMILES string of the molecule is O=C(CN1CC[C@@H](c2nc(-c3cccc(C(F)(F)F)c3)no2)C1)N1CCCCC1. The normalized spacial score (nSPS) is 20.9. The van der Waals surface area contributed by atoms with Gasteiger partial charge in [-0.15, -0.1) is 0 Å². The van der Waals surface area contributed by atoms with Crippen molar-refractivity contribution in [1.29, 1.82) is 0 Å². The number of carbonyl (C=O) groups excluding carboxylic acids is 1. The van der Waals surface area contributed by atoms with Crippen LogP contribution in [0.4, 0.5) is 13.2 Å². The Morgan fingerprint density at radius 3 is 2.72 bits per heavy atom. The van der Waals surface area contributed by atoms with Gasteiger partial charge in [0, 0.05) is 25.2 Å². The van der Waals surface area contributed by atoms with Gasteiger partial charge in [0.1, 0.15) is 0 Å². The van der Waals surface area contributed by atoms with E-state index in [0.29, 0.717) is 19.0 Å². The van der Waals surface area contributed by atoms with E-state index in [0.717, 1.165) is 51.0 Å². The molecule has 0 spiro atoms. The lowest BCUT2D eigenvalue weighted by Crippen LogP contribution is -2.42. The third-order valence-electron chi connectivity index (χ3n) is 5.58. The van der Waals surface area contributed by atoms with E-state index >= 15 is 0 Å². The zero-order chi connectivity index (χ0) is 20.4. The molecule has 1 atom stereocenters. The van der Waals surface area contributed by atoms with Crippen molar-refractivity contribution in [1.82, 2.24) is 19.9 Å². The fourth-order valence-corrected chi connectivity index (χ4v) is 3.97. The molecule has 9 heteroatoms. The molecule has 0 saturated carbocycles. The van der Waals surface area contributed by atoms with Gasteiger partial charge in [-0.2, -0.15) is 18.2 Å². The Balaban J connectivity index is 1.38. The predicted octanol–water partition coefficient (Wildman–Crippen LogP) is 3.56. The summed E-state index contributed by atoms with van der Waals surface area (Å²) in [6.07, 6.45) is -0.336. The molecule has 1 aromatic carbocycles. The first-order valence-electron chi connectivity index (χ1n) is 9.91. The predicted molar refractivity (Wildman–Crippen MR) is 99.0 cm³/mol. The molecule has 4 rings (SSSR count). The number of hydrogen-bond acceptors (Lipinski definition) is 5. The number of alkyl halides is 3. The molecule has 2 saturated heterocycles. The standard InChI is InChI=1S/C20H23F3N4O2/c21-20(22,23)16-6-4-5-14(11-16)18-24-19(29-25-18)15-7-10-26(12-15)13-17(28)27-8-2-1-3-9-27/h4-6,11,15H,1-3,7-10,12-13H2/t15-/m1/s1. The second-order valence-corrected chi connectivity index (χ2v) is 7.70. The highest BCUT2D eigenvalue weighted by atomic mass is 19.4. The van der Waals surface area contributed by atoms with E-state index < -0.39 is 11.7 Å². The topological polar surface area (TPSA) is 62.5 Å². The molecule has 2 fully saturated rings. The number of aromatic nitrogens is 2. The summed E-state index contributed by atoms with van der Waals surface area (Å²) in [5.74, 6) is 0.691. The number of benzene rings is 1. The second kappa shape index (κ2) is 8.14. The molecule has 0 N–H and O–H groups in total. The molecule has 2 aromatic rings. The van der Waals surface area contributed by atoms with Crippen molar-refractivity contribution in [2.45, 2.75) is 37.8 Å². The van der Waals surface area contributed by atoms with Gasteiger partial charge in [-0.3, -0.25) is 9.69 Å². The molecular weight excluding hydrogens is 385 g/mol. The molecule has 29 heavy (non-hydrogen) atoms. The molecule has 1 aromatic heterocycles. The molecule has 0 bridgehead atoms. The van der Waals surface area contributed by atoms with Crippen LogP contribution >= 0.6 is 0 Å². The quantitative estimate of drug-likeness (QED) is 0.774. The first kappa shape index (κ1) is 19.9. The number of piperidine rings is 1. The van der Waals surface area contributed by atoms with Gasteiger partial charge in [-0.1, -0.05) is 17.3 Å². The van der Waals surface area contributed by atoms with Crippen LogP contribution in [0.1, 0.15) is 43.1 Å².